The molecule has 1 unspecified atom stereocenters. The number of nitrogens with zero attached hydrogens (tertiary/aromatic N) is 2. The fraction of sp³-hybridized carbons (Fsp3) is 0.455. The van der Waals surface area contributed by atoms with Gasteiger partial charge in [0, 0.05) is 12.2 Å². The lowest BCUT2D eigenvalue weighted by molar-refractivity contribution is 0.237. The summed E-state index contributed by atoms with van der Waals surface area (Å²) in [6, 6.07) is 0. The van der Waals surface area contributed by atoms with E-state index in [0.717, 1.165) is 27.3 Å². The Balaban J connectivity index is 2.52. The Labute approximate surface area is 98.2 Å². The molecule has 2 aromatic heterocycles. The molecular formula is C11H15N3OS. The second-order valence-electron chi connectivity index (χ2n) is 4.07. The van der Waals surface area contributed by atoms with Crippen molar-refractivity contribution in [1.29, 1.82) is 0 Å². The summed E-state index contributed by atoms with van der Waals surface area (Å²) in [5, 5.41) is 10.1. The van der Waals surface area contributed by atoms with Gasteiger partial charge >= 0.3 is 0 Å². The van der Waals surface area contributed by atoms with Crippen molar-refractivity contribution in [2.24, 2.45) is 5.92 Å². The Kier molecular flexibility index (Phi) is 3.07. The summed E-state index contributed by atoms with van der Waals surface area (Å²) in [6.45, 7) is 4.11. The minimum atomic E-state index is 0.159. The number of aryl methyl sites for hydroxylation is 1. The van der Waals surface area contributed by atoms with Gasteiger partial charge in [-0.25, -0.2) is 9.97 Å². The van der Waals surface area contributed by atoms with Gasteiger partial charge in [-0.15, -0.1) is 0 Å². The number of aliphatic hydroxyl groups is 1. The maximum atomic E-state index is 9.09. The first kappa shape index (κ1) is 11.3. The Hall–Kier alpha value is -1.20. The summed E-state index contributed by atoms with van der Waals surface area (Å²) >= 11 is 1.57. The van der Waals surface area contributed by atoms with Crippen molar-refractivity contribution >= 4 is 27.4 Å². The van der Waals surface area contributed by atoms with Crippen LogP contribution >= 0.6 is 11.3 Å². The van der Waals surface area contributed by atoms with Crippen molar-refractivity contribution in [3.63, 3.8) is 0 Å². The Bertz CT molecular complexity index is 509. The third-order valence-corrected chi connectivity index (χ3v) is 3.41. The number of nitrogen functional groups attached to an aromatic ring is 1. The van der Waals surface area contributed by atoms with Crippen molar-refractivity contribution in [3.05, 3.63) is 16.8 Å². The molecule has 3 N–H and O–H groups in total. The Morgan fingerprint density at radius 2 is 2.31 bits per heavy atom. The molecule has 0 aliphatic heterocycles. The monoisotopic (exact) mass is 237 g/mol. The van der Waals surface area contributed by atoms with E-state index in [1.54, 1.807) is 17.5 Å². The molecule has 5 heteroatoms. The Morgan fingerprint density at radius 1 is 1.56 bits per heavy atom. The van der Waals surface area contributed by atoms with E-state index < -0.39 is 0 Å². The summed E-state index contributed by atoms with van der Waals surface area (Å²) < 4.78 is 0. The van der Waals surface area contributed by atoms with Crippen LogP contribution in [0, 0.1) is 12.8 Å². The molecule has 0 radical (unpaired) electrons. The molecule has 0 saturated heterocycles. The van der Waals surface area contributed by atoms with Crippen molar-refractivity contribution in [2.75, 3.05) is 12.3 Å². The lowest BCUT2D eigenvalue weighted by Crippen LogP contribution is -2.07. The van der Waals surface area contributed by atoms with Crippen LogP contribution in [0.15, 0.2) is 6.20 Å². The lowest BCUT2D eigenvalue weighted by atomic mass is 10.0. The van der Waals surface area contributed by atoms with E-state index in [0.29, 0.717) is 5.69 Å². The highest BCUT2D eigenvalue weighted by molar-refractivity contribution is 7.18. The molecule has 16 heavy (non-hydrogen) atoms. The molecule has 4 nitrogen and oxygen atoms in total. The quantitative estimate of drug-likeness (QED) is 0.853. The number of rotatable bonds is 3. The molecule has 1 atom stereocenters. The zero-order valence-corrected chi connectivity index (χ0v) is 10.2. The van der Waals surface area contributed by atoms with E-state index >= 15 is 0 Å². The molecular weight excluding hydrogens is 222 g/mol. The van der Waals surface area contributed by atoms with Gasteiger partial charge in [0.2, 0.25) is 0 Å². The van der Waals surface area contributed by atoms with Crippen LogP contribution < -0.4 is 5.73 Å². The molecule has 0 saturated carbocycles. The van der Waals surface area contributed by atoms with Gasteiger partial charge in [0.25, 0.3) is 0 Å². The van der Waals surface area contributed by atoms with E-state index in [4.69, 9.17) is 10.8 Å². The highest BCUT2D eigenvalue weighted by Crippen LogP contribution is 2.27. The number of fused-ring (bicyclic) bond motifs is 1. The molecule has 0 spiro atoms. The number of thiazole rings is 1. The molecule has 2 rings (SSSR count). The smallest absolute Gasteiger partial charge is 0.143 e. The summed E-state index contributed by atoms with van der Waals surface area (Å²) in [5.74, 6) is 0.190. The predicted octanol–water partition coefficient (Wildman–Crippen LogP) is 1.75. The van der Waals surface area contributed by atoms with Crippen LogP contribution in [0.1, 0.15) is 17.5 Å². The Morgan fingerprint density at radius 3 is 3.00 bits per heavy atom. The first-order valence-corrected chi connectivity index (χ1v) is 6.04. The maximum absolute atomic E-state index is 9.09. The highest BCUT2D eigenvalue weighted by atomic mass is 32.1. The van der Waals surface area contributed by atoms with Gasteiger partial charge in [0.15, 0.2) is 0 Å². The molecule has 2 aromatic rings. The van der Waals surface area contributed by atoms with Gasteiger partial charge in [0.05, 0.1) is 16.9 Å². The summed E-state index contributed by atoms with van der Waals surface area (Å²) in [6.07, 6.45) is 2.42. The number of aromatic nitrogens is 2. The number of anilines is 1. The van der Waals surface area contributed by atoms with Gasteiger partial charge in [-0.1, -0.05) is 18.3 Å². The SMILES string of the molecule is Cc1nc2c(CC(C)CO)c(N)cnc2s1. The number of nitrogens with two attached hydrogens (primary N) is 1. The average molecular weight is 237 g/mol. The molecule has 0 aliphatic carbocycles. The first-order chi connectivity index (χ1) is 7.61. The second kappa shape index (κ2) is 4.35. The number of hydrogen-bond acceptors (Lipinski definition) is 5. The van der Waals surface area contributed by atoms with E-state index in [-0.39, 0.29) is 12.5 Å². The van der Waals surface area contributed by atoms with E-state index in [1.165, 1.54) is 0 Å². The largest absolute Gasteiger partial charge is 0.397 e. The van der Waals surface area contributed by atoms with E-state index in [1.807, 2.05) is 13.8 Å². The zero-order valence-electron chi connectivity index (χ0n) is 9.40. The maximum Gasteiger partial charge on any atom is 0.143 e. The molecule has 86 valence electrons. The first-order valence-electron chi connectivity index (χ1n) is 5.23. The lowest BCUT2D eigenvalue weighted by Gasteiger charge is -2.10. The molecule has 0 aliphatic rings. The highest BCUT2D eigenvalue weighted by Gasteiger charge is 2.13. The van der Waals surface area contributed by atoms with Gasteiger partial charge in [-0.3, -0.25) is 0 Å². The standard InChI is InChI=1S/C11H15N3OS/c1-6(5-15)3-8-9(12)4-13-11-10(8)14-7(2)16-11/h4,6,15H,3,5,12H2,1-2H3. The topological polar surface area (TPSA) is 72.0 Å². The summed E-state index contributed by atoms with van der Waals surface area (Å²) in [4.78, 5) is 9.64. The fourth-order valence-corrected chi connectivity index (χ4v) is 2.46. The van der Waals surface area contributed by atoms with Gasteiger partial charge in [0.1, 0.15) is 10.3 Å². The van der Waals surface area contributed by atoms with Gasteiger partial charge in [-0.05, 0) is 19.3 Å². The fourth-order valence-electron chi connectivity index (χ4n) is 1.67. The molecule has 0 bridgehead atoms. The van der Waals surface area contributed by atoms with Crippen LogP contribution in [0.3, 0.4) is 0 Å². The summed E-state index contributed by atoms with van der Waals surface area (Å²) in [7, 11) is 0. The van der Waals surface area contributed by atoms with E-state index in [9.17, 15) is 0 Å². The predicted molar refractivity (Wildman–Crippen MR) is 66.5 cm³/mol. The van der Waals surface area contributed by atoms with Gasteiger partial charge < -0.3 is 10.8 Å². The molecule has 0 aromatic carbocycles. The van der Waals surface area contributed by atoms with Crippen LogP contribution in [0.5, 0.6) is 0 Å². The summed E-state index contributed by atoms with van der Waals surface area (Å²) in [5.41, 5.74) is 8.49. The molecule has 0 amide bonds. The van der Waals surface area contributed by atoms with Crippen LogP contribution in [0.25, 0.3) is 10.3 Å². The van der Waals surface area contributed by atoms with Crippen molar-refractivity contribution in [2.45, 2.75) is 20.3 Å². The number of aliphatic hydroxyl groups excluding tert-OH is 1. The van der Waals surface area contributed by atoms with Gasteiger partial charge in [-0.2, -0.15) is 0 Å². The van der Waals surface area contributed by atoms with Crippen LogP contribution in [0.2, 0.25) is 0 Å². The van der Waals surface area contributed by atoms with E-state index in [2.05, 4.69) is 9.97 Å². The number of pyridine rings is 1. The number of hydrogen-bond donors (Lipinski definition) is 2. The second-order valence-corrected chi connectivity index (χ2v) is 5.25. The average Bonchev–Trinajstić information content (AvgIpc) is 2.63. The van der Waals surface area contributed by atoms with Crippen molar-refractivity contribution in [1.82, 2.24) is 9.97 Å². The third kappa shape index (κ3) is 2.01. The third-order valence-electron chi connectivity index (χ3n) is 2.54. The van der Waals surface area contributed by atoms with Crippen molar-refractivity contribution < 1.29 is 5.11 Å². The van der Waals surface area contributed by atoms with Crippen molar-refractivity contribution in [3.8, 4) is 0 Å². The van der Waals surface area contributed by atoms with Crippen LogP contribution in [-0.2, 0) is 6.42 Å². The zero-order chi connectivity index (χ0) is 11.7. The molecule has 2 heterocycles. The van der Waals surface area contributed by atoms with Crippen LogP contribution in [0.4, 0.5) is 5.69 Å². The normalized spacial score (nSPS) is 13.2. The van der Waals surface area contributed by atoms with Crippen LogP contribution in [-0.4, -0.2) is 21.7 Å². The minimum Gasteiger partial charge on any atom is -0.397 e. The minimum absolute atomic E-state index is 0.159. The molecule has 0 fully saturated rings.